The number of benzene rings is 1. The average molecular weight is 341 g/mol. The molecule has 0 saturated carbocycles. The summed E-state index contributed by atoms with van der Waals surface area (Å²) >= 11 is 0. The van der Waals surface area contributed by atoms with Crippen molar-refractivity contribution in [3.63, 3.8) is 0 Å². The van der Waals surface area contributed by atoms with Crippen LogP contribution < -0.4 is 0 Å². The number of piperidine rings is 1. The molecular weight excluding hydrogens is 318 g/mol. The molecule has 1 aliphatic rings. The van der Waals surface area contributed by atoms with E-state index in [1.165, 1.54) is 0 Å². The van der Waals surface area contributed by atoms with Gasteiger partial charge in [-0.15, -0.1) is 0 Å². The van der Waals surface area contributed by atoms with E-state index in [-0.39, 0.29) is 30.3 Å². The summed E-state index contributed by atoms with van der Waals surface area (Å²) < 4.78 is 5.19. The molecule has 0 spiro atoms. The minimum Gasteiger partial charge on any atom is -0.451 e. The smallest absolute Gasteiger partial charge is 0.356 e. The van der Waals surface area contributed by atoms with Crippen molar-refractivity contribution in [3.05, 3.63) is 42.1 Å². The summed E-state index contributed by atoms with van der Waals surface area (Å²) in [6.07, 6.45) is 3.11. The second kappa shape index (κ2) is 7.51. The molecular formula is C19H23N3O3. The summed E-state index contributed by atoms with van der Waals surface area (Å²) in [7, 11) is 0. The lowest BCUT2D eigenvalue weighted by molar-refractivity contribution is -0.140. The summed E-state index contributed by atoms with van der Waals surface area (Å²) in [6, 6.07) is 11.6. The van der Waals surface area contributed by atoms with Gasteiger partial charge < -0.3 is 9.64 Å². The van der Waals surface area contributed by atoms with Crippen molar-refractivity contribution in [1.29, 1.82) is 0 Å². The third kappa shape index (κ3) is 3.90. The zero-order chi connectivity index (χ0) is 17.8. The number of hydrogen-bond acceptors (Lipinski definition) is 4. The van der Waals surface area contributed by atoms with Crippen LogP contribution in [-0.2, 0) is 9.53 Å². The first kappa shape index (κ1) is 17.2. The highest BCUT2D eigenvalue weighted by Crippen LogP contribution is 2.22. The van der Waals surface area contributed by atoms with Crippen molar-refractivity contribution in [1.82, 2.24) is 15.1 Å². The predicted octanol–water partition coefficient (Wildman–Crippen LogP) is 3.02. The third-order valence-corrected chi connectivity index (χ3v) is 4.68. The standard InChI is InChI=1S/C19H23N3O3/c1-13-7-6-8-14(2)22(13)18(23)12-25-19(24)17-11-16(20-21-17)15-9-4-3-5-10-15/h3-5,9-11,13-14H,6-8,12H2,1-2H3,(H,20,21)/t13-,14+. The number of nitrogens with zero attached hydrogens (tertiary/aromatic N) is 2. The summed E-state index contributed by atoms with van der Waals surface area (Å²) in [5, 5.41) is 6.80. The summed E-state index contributed by atoms with van der Waals surface area (Å²) in [5.74, 6) is -0.712. The van der Waals surface area contributed by atoms with Gasteiger partial charge >= 0.3 is 5.97 Å². The van der Waals surface area contributed by atoms with Crippen molar-refractivity contribution in [2.75, 3.05) is 6.61 Å². The van der Waals surface area contributed by atoms with E-state index in [2.05, 4.69) is 10.2 Å². The minimum atomic E-state index is -0.569. The van der Waals surface area contributed by atoms with Gasteiger partial charge in [0.25, 0.3) is 5.91 Å². The Bertz CT molecular complexity index is 731. The number of likely N-dealkylation sites (tertiary alicyclic amines) is 1. The van der Waals surface area contributed by atoms with Gasteiger partial charge in [0.2, 0.25) is 0 Å². The Morgan fingerprint density at radius 3 is 2.56 bits per heavy atom. The first-order valence-electron chi connectivity index (χ1n) is 8.65. The lowest BCUT2D eigenvalue weighted by atomic mass is 9.97. The molecule has 3 rings (SSSR count). The molecule has 1 amide bonds. The first-order valence-corrected chi connectivity index (χ1v) is 8.65. The second-order valence-corrected chi connectivity index (χ2v) is 6.54. The fraction of sp³-hybridized carbons (Fsp3) is 0.421. The van der Waals surface area contributed by atoms with Crippen LogP contribution in [0.4, 0.5) is 0 Å². The largest absolute Gasteiger partial charge is 0.451 e. The Morgan fingerprint density at radius 2 is 1.88 bits per heavy atom. The zero-order valence-corrected chi connectivity index (χ0v) is 14.6. The number of amides is 1. The lowest BCUT2D eigenvalue weighted by Gasteiger charge is -2.38. The monoisotopic (exact) mass is 341 g/mol. The normalized spacial score (nSPS) is 20.3. The van der Waals surface area contributed by atoms with E-state index in [1.807, 2.05) is 49.1 Å². The van der Waals surface area contributed by atoms with E-state index in [0.29, 0.717) is 5.69 Å². The molecule has 1 saturated heterocycles. The molecule has 132 valence electrons. The Morgan fingerprint density at radius 1 is 1.20 bits per heavy atom. The van der Waals surface area contributed by atoms with Crippen molar-refractivity contribution in [3.8, 4) is 11.3 Å². The fourth-order valence-electron chi connectivity index (χ4n) is 3.38. The van der Waals surface area contributed by atoms with Gasteiger partial charge in [0.05, 0.1) is 5.69 Å². The maximum atomic E-state index is 12.4. The number of esters is 1. The Kier molecular flexibility index (Phi) is 5.16. The molecule has 1 aromatic heterocycles. The molecule has 0 aliphatic carbocycles. The number of aromatic amines is 1. The fourth-order valence-corrected chi connectivity index (χ4v) is 3.38. The molecule has 2 aromatic rings. The first-order chi connectivity index (χ1) is 12.1. The summed E-state index contributed by atoms with van der Waals surface area (Å²) in [5.41, 5.74) is 1.81. The molecule has 6 heteroatoms. The quantitative estimate of drug-likeness (QED) is 0.868. The molecule has 0 radical (unpaired) electrons. The number of rotatable bonds is 4. The molecule has 1 fully saturated rings. The number of hydrogen-bond donors (Lipinski definition) is 1. The molecule has 0 unspecified atom stereocenters. The van der Waals surface area contributed by atoms with Crippen molar-refractivity contribution in [2.45, 2.75) is 45.2 Å². The molecule has 0 bridgehead atoms. The molecule has 2 heterocycles. The number of ether oxygens (including phenoxy) is 1. The van der Waals surface area contributed by atoms with Crippen LogP contribution in [0, 0.1) is 0 Å². The topological polar surface area (TPSA) is 75.3 Å². The molecule has 1 aromatic carbocycles. The number of H-pyrrole nitrogens is 1. The van der Waals surface area contributed by atoms with Crippen LogP contribution in [0.15, 0.2) is 36.4 Å². The maximum absolute atomic E-state index is 12.4. The van der Waals surface area contributed by atoms with E-state index in [0.717, 1.165) is 24.8 Å². The van der Waals surface area contributed by atoms with E-state index in [4.69, 9.17) is 4.74 Å². The highest BCUT2D eigenvalue weighted by atomic mass is 16.5. The molecule has 1 aliphatic heterocycles. The van der Waals surface area contributed by atoms with Gasteiger partial charge in [-0.1, -0.05) is 30.3 Å². The van der Waals surface area contributed by atoms with Crippen LogP contribution in [-0.4, -0.2) is 45.7 Å². The highest BCUT2D eigenvalue weighted by Gasteiger charge is 2.29. The van der Waals surface area contributed by atoms with Crippen LogP contribution in [0.2, 0.25) is 0 Å². The van der Waals surface area contributed by atoms with Gasteiger partial charge in [0.15, 0.2) is 6.61 Å². The Balaban J connectivity index is 1.59. The van der Waals surface area contributed by atoms with E-state index in [9.17, 15) is 9.59 Å². The van der Waals surface area contributed by atoms with Crippen LogP contribution in [0.1, 0.15) is 43.6 Å². The number of carbonyl (C=O) groups is 2. The Hall–Kier alpha value is -2.63. The SMILES string of the molecule is C[C@@H]1CCC[C@H](C)N1C(=O)COC(=O)c1cc(-c2ccccc2)n[nH]1. The van der Waals surface area contributed by atoms with Crippen LogP contribution in [0.5, 0.6) is 0 Å². The zero-order valence-electron chi connectivity index (χ0n) is 14.6. The molecule has 25 heavy (non-hydrogen) atoms. The van der Waals surface area contributed by atoms with E-state index >= 15 is 0 Å². The van der Waals surface area contributed by atoms with Gasteiger partial charge in [-0.2, -0.15) is 5.10 Å². The van der Waals surface area contributed by atoms with E-state index < -0.39 is 5.97 Å². The van der Waals surface area contributed by atoms with Crippen molar-refractivity contribution < 1.29 is 14.3 Å². The lowest BCUT2D eigenvalue weighted by Crippen LogP contribution is -2.49. The van der Waals surface area contributed by atoms with Gasteiger partial charge in [0, 0.05) is 17.6 Å². The number of carbonyl (C=O) groups excluding carboxylic acids is 2. The molecule has 1 N–H and O–H groups in total. The van der Waals surface area contributed by atoms with Gasteiger partial charge in [0.1, 0.15) is 5.69 Å². The van der Waals surface area contributed by atoms with Crippen LogP contribution in [0.3, 0.4) is 0 Å². The third-order valence-electron chi connectivity index (χ3n) is 4.68. The van der Waals surface area contributed by atoms with Gasteiger partial charge in [-0.05, 0) is 39.2 Å². The number of aromatic nitrogens is 2. The maximum Gasteiger partial charge on any atom is 0.356 e. The summed E-state index contributed by atoms with van der Waals surface area (Å²) in [6.45, 7) is 3.83. The van der Waals surface area contributed by atoms with Crippen LogP contribution in [0.25, 0.3) is 11.3 Å². The molecule has 6 nitrogen and oxygen atoms in total. The summed E-state index contributed by atoms with van der Waals surface area (Å²) in [4.78, 5) is 26.4. The Labute approximate surface area is 147 Å². The minimum absolute atomic E-state index is 0.143. The van der Waals surface area contributed by atoms with E-state index in [1.54, 1.807) is 6.07 Å². The van der Waals surface area contributed by atoms with Gasteiger partial charge in [-0.3, -0.25) is 9.89 Å². The predicted molar refractivity (Wildman–Crippen MR) is 93.9 cm³/mol. The highest BCUT2D eigenvalue weighted by molar-refractivity contribution is 5.90. The average Bonchev–Trinajstić information content (AvgIpc) is 3.10. The van der Waals surface area contributed by atoms with Gasteiger partial charge in [-0.25, -0.2) is 4.79 Å². The number of nitrogens with one attached hydrogen (secondary N) is 1. The van der Waals surface area contributed by atoms with Crippen molar-refractivity contribution in [2.24, 2.45) is 0 Å². The van der Waals surface area contributed by atoms with Crippen LogP contribution >= 0.6 is 0 Å². The second-order valence-electron chi connectivity index (χ2n) is 6.54. The molecule has 2 atom stereocenters. The van der Waals surface area contributed by atoms with Crippen molar-refractivity contribution >= 4 is 11.9 Å².